The molecule has 0 saturated heterocycles. The topological polar surface area (TPSA) is 77.0 Å². The Hall–Kier alpha value is -4.16. The number of ether oxygens (including phenoxy) is 2. The molecule has 7 heteroatoms. The molecule has 34 heavy (non-hydrogen) atoms. The normalized spacial score (nSPS) is 11.8. The molecule has 1 unspecified atom stereocenters. The highest BCUT2D eigenvalue weighted by Gasteiger charge is 2.15. The third-order valence-corrected chi connectivity index (χ3v) is 5.20. The number of hydrogen-bond acceptors (Lipinski definition) is 5. The van der Waals surface area contributed by atoms with Crippen LogP contribution >= 0.6 is 11.6 Å². The fourth-order valence-corrected chi connectivity index (χ4v) is 3.40. The maximum absolute atomic E-state index is 12.4. The fraction of sp³-hybridized carbons (Fsp3) is 0.0741. The van der Waals surface area contributed by atoms with Crippen LogP contribution in [0.4, 0.5) is 0 Å². The molecule has 170 valence electrons. The highest BCUT2D eigenvalue weighted by atomic mass is 35.5. The monoisotopic (exact) mass is 472 g/mol. The van der Waals surface area contributed by atoms with E-state index in [1.165, 1.54) is 6.21 Å². The molecule has 4 aromatic carbocycles. The summed E-state index contributed by atoms with van der Waals surface area (Å²) in [5.74, 6) is 0.128. The number of hydrogen-bond donors (Lipinski definition) is 1. The third-order valence-electron chi connectivity index (χ3n) is 4.96. The van der Waals surface area contributed by atoms with Crippen molar-refractivity contribution in [1.29, 1.82) is 0 Å². The lowest BCUT2D eigenvalue weighted by Crippen LogP contribution is -2.33. The maximum Gasteiger partial charge on any atom is 0.343 e. The van der Waals surface area contributed by atoms with Crippen LogP contribution in [0.15, 0.2) is 96.1 Å². The second-order valence-corrected chi connectivity index (χ2v) is 7.88. The smallest absolute Gasteiger partial charge is 0.343 e. The predicted octanol–water partition coefficient (Wildman–Crippen LogP) is 5.63. The van der Waals surface area contributed by atoms with E-state index in [4.69, 9.17) is 21.1 Å². The molecule has 0 aliphatic rings. The molecule has 1 N–H and O–H groups in total. The summed E-state index contributed by atoms with van der Waals surface area (Å²) in [5, 5.41) is 6.41. The van der Waals surface area contributed by atoms with Gasteiger partial charge in [0.05, 0.1) is 11.8 Å². The number of rotatable bonds is 7. The Bertz CT molecular complexity index is 1350. The van der Waals surface area contributed by atoms with Crippen molar-refractivity contribution in [2.24, 2.45) is 5.10 Å². The van der Waals surface area contributed by atoms with Gasteiger partial charge in [-0.3, -0.25) is 4.79 Å². The summed E-state index contributed by atoms with van der Waals surface area (Å²) in [6, 6.07) is 26.7. The summed E-state index contributed by atoms with van der Waals surface area (Å²) in [6.45, 7) is 1.66. The Morgan fingerprint density at radius 2 is 1.68 bits per heavy atom. The van der Waals surface area contributed by atoms with Crippen molar-refractivity contribution in [3.05, 3.63) is 107 Å². The zero-order valence-electron chi connectivity index (χ0n) is 18.3. The van der Waals surface area contributed by atoms with Crippen LogP contribution in [-0.2, 0) is 4.79 Å². The molecule has 0 saturated carbocycles. The highest BCUT2D eigenvalue weighted by molar-refractivity contribution is 6.30. The lowest BCUT2D eigenvalue weighted by atomic mass is 10.1. The van der Waals surface area contributed by atoms with Crippen LogP contribution in [0.2, 0.25) is 5.02 Å². The first kappa shape index (κ1) is 23.0. The fourth-order valence-electron chi connectivity index (χ4n) is 3.21. The molecule has 1 atom stereocenters. The van der Waals surface area contributed by atoms with Gasteiger partial charge in [0.2, 0.25) is 0 Å². The second-order valence-electron chi connectivity index (χ2n) is 7.44. The number of halogens is 1. The van der Waals surface area contributed by atoms with Gasteiger partial charge >= 0.3 is 5.97 Å². The number of nitrogens with zero attached hydrogens (tertiary/aromatic N) is 1. The van der Waals surface area contributed by atoms with Gasteiger partial charge < -0.3 is 9.47 Å². The van der Waals surface area contributed by atoms with E-state index in [0.29, 0.717) is 27.6 Å². The zero-order chi connectivity index (χ0) is 23.9. The van der Waals surface area contributed by atoms with E-state index >= 15 is 0 Å². The first-order valence-electron chi connectivity index (χ1n) is 10.5. The summed E-state index contributed by atoms with van der Waals surface area (Å²) in [7, 11) is 0. The van der Waals surface area contributed by atoms with E-state index in [1.54, 1.807) is 55.5 Å². The molecule has 4 rings (SSSR count). The van der Waals surface area contributed by atoms with Crippen LogP contribution in [0, 0.1) is 0 Å². The predicted molar refractivity (Wildman–Crippen MR) is 133 cm³/mol. The second kappa shape index (κ2) is 10.6. The minimum atomic E-state index is -0.740. The molecule has 4 aromatic rings. The van der Waals surface area contributed by atoms with Gasteiger partial charge in [-0.25, -0.2) is 10.2 Å². The lowest BCUT2D eigenvalue weighted by molar-refractivity contribution is -0.127. The van der Waals surface area contributed by atoms with Crippen molar-refractivity contribution in [2.45, 2.75) is 13.0 Å². The number of carbonyl (C=O) groups excluding carboxylic acids is 2. The molecule has 0 aromatic heterocycles. The van der Waals surface area contributed by atoms with Crippen molar-refractivity contribution in [2.75, 3.05) is 0 Å². The van der Waals surface area contributed by atoms with Gasteiger partial charge in [0.25, 0.3) is 5.91 Å². The highest BCUT2D eigenvalue weighted by Crippen LogP contribution is 2.26. The number of fused-ring (bicyclic) bond motifs is 1. The van der Waals surface area contributed by atoms with Gasteiger partial charge in [-0.1, -0.05) is 54.1 Å². The average Bonchev–Trinajstić information content (AvgIpc) is 2.85. The molecule has 0 aliphatic carbocycles. The largest absolute Gasteiger partial charge is 0.480 e. The number of esters is 1. The summed E-state index contributed by atoms with van der Waals surface area (Å²) < 4.78 is 11.2. The van der Waals surface area contributed by atoms with Crippen LogP contribution in [0.3, 0.4) is 0 Å². The van der Waals surface area contributed by atoms with Crippen molar-refractivity contribution >= 4 is 40.5 Å². The van der Waals surface area contributed by atoms with Gasteiger partial charge in [0.1, 0.15) is 11.5 Å². The van der Waals surface area contributed by atoms with Gasteiger partial charge in [-0.15, -0.1) is 0 Å². The van der Waals surface area contributed by atoms with E-state index in [1.807, 2.05) is 42.5 Å². The number of nitrogens with one attached hydrogen (secondary N) is 1. The lowest BCUT2D eigenvalue weighted by Gasteiger charge is -2.14. The minimum absolute atomic E-state index is 0.362. The van der Waals surface area contributed by atoms with Crippen LogP contribution < -0.4 is 14.9 Å². The van der Waals surface area contributed by atoms with Crippen molar-refractivity contribution < 1.29 is 19.1 Å². The van der Waals surface area contributed by atoms with Gasteiger partial charge in [0.15, 0.2) is 6.10 Å². The Balaban J connectivity index is 1.31. The summed E-state index contributed by atoms with van der Waals surface area (Å²) in [5.41, 5.74) is 3.56. The molecule has 0 heterocycles. The Kier molecular flexibility index (Phi) is 7.20. The van der Waals surface area contributed by atoms with E-state index in [2.05, 4.69) is 10.5 Å². The molecule has 0 radical (unpaired) electrons. The average molecular weight is 473 g/mol. The molecular formula is C27H21ClN2O4. The van der Waals surface area contributed by atoms with Crippen molar-refractivity contribution in [1.82, 2.24) is 5.43 Å². The quantitative estimate of drug-likeness (QED) is 0.164. The third kappa shape index (κ3) is 5.79. The van der Waals surface area contributed by atoms with E-state index in [9.17, 15) is 9.59 Å². The summed E-state index contributed by atoms with van der Waals surface area (Å²) in [4.78, 5) is 24.6. The number of amides is 1. The molecule has 0 bridgehead atoms. The van der Waals surface area contributed by atoms with Crippen molar-refractivity contribution in [3.63, 3.8) is 0 Å². The molecule has 1 amide bonds. The van der Waals surface area contributed by atoms with E-state index < -0.39 is 12.1 Å². The molecule has 0 aliphatic heterocycles. The summed E-state index contributed by atoms with van der Waals surface area (Å²) in [6.07, 6.45) is 0.752. The Morgan fingerprint density at radius 3 is 2.47 bits per heavy atom. The number of benzene rings is 4. The maximum atomic E-state index is 12.4. The summed E-state index contributed by atoms with van der Waals surface area (Å²) >= 11 is 5.91. The Morgan fingerprint density at radius 1 is 0.941 bits per heavy atom. The molecular weight excluding hydrogens is 452 g/mol. The number of hydrazone groups is 1. The molecule has 0 spiro atoms. The number of carbonyl (C=O) groups is 2. The SMILES string of the molecule is CC(Oc1cccc2ccccc12)C(=O)NN=Cc1ccc(OC(=O)c2cccc(Cl)c2)cc1. The first-order valence-corrected chi connectivity index (χ1v) is 10.9. The first-order chi connectivity index (χ1) is 16.5. The molecule has 6 nitrogen and oxygen atoms in total. The Labute approximate surface area is 201 Å². The van der Waals surface area contributed by atoms with Crippen LogP contribution in [0.25, 0.3) is 10.8 Å². The van der Waals surface area contributed by atoms with Crippen molar-refractivity contribution in [3.8, 4) is 11.5 Å². The van der Waals surface area contributed by atoms with Crippen LogP contribution in [0.1, 0.15) is 22.8 Å². The zero-order valence-corrected chi connectivity index (χ0v) is 19.0. The van der Waals surface area contributed by atoms with E-state index in [0.717, 1.165) is 10.8 Å². The molecule has 0 fully saturated rings. The van der Waals surface area contributed by atoms with Gasteiger partial charge in [-0.05, 0) is 66.4 Å². The van der Waals surface area contributed by atoms with E-state index in [-0.39, 0.29) is 5.91 Å². The van der Waals surface area contributed by atoms with Crippen LogP contribution in [-0.4, -0.2) is 24.2 Å². The van der Waals surface area contributed by atoms with Gasteiger partial charge in [-0.2, -0.15) is 5.10 Å². The van der Waals surface area contributed by atoms with Gasteiger partial charge in [0, 0.05) is 10.4 Å². The minimum Gasteiger partial charge on any atom is -0.480 e. The van der Waals surface area contributed by atoms with Crippen LogP contribution in [0.5, 0.6) is 11.5 Å². The standard InChI is InChI=1S/C27H21ClN2O4/c1-18(33-25-11-5-7-20-6-2-3-10-24(20)25)26(31)30-29-17-19-12-14-23(15-13-19)34-27(32)21-8-4-9-22(28)16-21/h2-18H,1H3,(H,30,31).